The molecule has 0 spiro atoms. The van der Waals surface area contributed by atoms with Gasteiger partial charge in [-0.2, -0.15) is 0 Å². The number of H-pyrrole nitrogens is 1. The average Bonchev–Trinajstić information content (AvgIpc) is 3.55. The second kappa shape index (κ2) is 14.2. The quantitative estimate of drug-likeness (QED) is 0.0848. The van der Waals surface area contributed by atoms with Crippen molar-refractivity contribution < 1.29 is 24.3 Å². The lowest BCUT2D eigenvalue weighted by Gasteiger charge is -2.32. The zero-order valence-corrected chi connectivity index (χ0v) is 21.4. The Balaban J connectivity index is 2.06. The molecule has 1 saturated heterocycles. The van der Waals surface area contributed by atoms with Gasteiger partial charge in [0.2, 0.25) is 17.7 Å². The maximum absolute atomic E-state index is 13.5. The molecule has 0 aliphatic carbocycles. The molecule has 2 heterocycles. The van der Waals surface area contributed by atoms with Gasteiger partial charge in [0.25, 0.3) is 0 Å². The van der Waals surface area contributed by atoms with Crippen molar-refractivity contribution in [3.63, 3.8) is 0 Å². The molecule has 3 amide bonds. The van der Waals surface area contributed by atoms with E-state index in [1.807, 2.05) is 13.8 Å². The lowest BCUT2D eigenvalue weighted by atomic mass is 9.96. The summed E-state index contributed by atoms with van der Waals surface area (Å²) in [4.78, 5) is 63.1. The number of likely N-dealkylation sites (tertiary alicyclic amines) is 1. The fourth-order valence-corrected chi connectivity index (χ4v) is 4.18. The number of carboxylic acids is 1. The van der Waals surface area contributed by atoms with Crippen molar-refractivity contribution in [1.29, 1.82) is 0 Å². The van der Waals surface area contributed by atoms with Crippen LogP contribution in [0.3, 0.4) is 0 Å². The summed E-state index contributed by atoms with van der Waals surface area (Å²) in [5.41, 5.74) is 17.3. The molecule has 0 aromatic carbocycles. The van der Waals surface area contributed by atoms with E-state index >= 15 is 0 Å². The van der Waals surface area contributed by atoms with Gasteiger partial charge >= 0.3 is 5.97 Å². The summed E-state index contributed by atoms with van der Waals surface area (Å²) in [5.74, 6) is -2.94. The number of nitrogens with one attached hydrogen (secondary N) is 3. The average molecular weight is 522 g/mol. The molecular weight excluding hydrogens is 482 g/mol. The van der Waals surface area contributed by atoms with Crippen molar-refractivity contribution in [1.82, 2.24) is 25.5 Å². The first-order valence-electron chi connectivity index (χ1n) is 12.5. The SMILES string of the molecule is CCC(C)C(NC(=O)C(N)Cc1cnc[nH]1)C(=O)N1CCCC1C(=O)NC(CCCN=C(N)N)C(=O)O. The van der Waals surface area contributed by atoms with Crippen LogP contribution in [0.4, 0.5) is 0 Å². The highest BCUT2D eigenvalue weighted by Crippen LogP contribution is 2.22. The Morgan fingerprint density at radius 2 is 2.03 bits per heavy atom. The number of carbonyl (C=O) groups is 4. The Kier molecular flexibility index (Phi) is 11.3. The number of carbonyl (C=O) groups excluding carboxylic acids is 3. The molecule has 10 N–H and O–H groups in total. The standard InChI is InChI=1S/C23H39N9O5/c1-3-13(2)18(31-19(33)15(24)10-14-11-27-12-29-14)21(35)32-9-5-7-17(32)20(34)30-16(22(36)37)6-4-8-28-23(25)26/h11-13,15-18H,3-10,24H2,1-2H3,(H,27,29)(H,30,34)(H,31,33)(H,36,37)(H4,25,26,28). The molecule has 5 unspecified atom stereocenters. The Morgan fingerprint density at radius 3 is 2.62 bits per heavy atom. The molecule has 37 heavy (non-hydrogen) atoms. The maximum Gasteiger partial charge on any atom is 0.326 e. The van der Waals surface area contributed by atoms with E-state index in [0.717, 1.165) is 0 Å². The number of aromatic nitrogens is 2. The number of aliphatic imine (C=N–C) groups is 1. The molecule has 0 saturated carbocycles. The molecule has 1 aliphatic rings. The number of guanidine groups is 1. The third-order valence-corrected chi connectivity index (χ3v) is 6.51. The molecule has 0 radical (unpaired) electrons. The summed E-state index contributed by atoms with van der Waals surface area (Å²) in [5, 5.41) is 14.8. The number of aliphatic carboxylic acids is 1. The normalized spacial score (nSPS) is 18.4. The number of nitrogens with zero attached hydrogens (tertiary/aromatic N) is 3. The molecule has 1 fully saturated rings. The summed E-state index contributed by atoms with van der Waals surface area (Å²) in [6.45, 7) is 4.29. The van der Waals surface area contributed by atoms with E-state index in [-0.39, 0.29) is 31.3 Å². The second-order valence-corrected chi connectivity index (χ2v) is 9.30. The van der Waals surface area contributed by atoms with E-state index in [4.69, 9.17) is 17.2 Å². The maximum atomic E-state index is 13.5. The summed E-state index contributed by atoms with van der Waals surface area (Å²) in [6.07, 6.45) is 5.33. The first kappa shape index (κ1) is 29.5. The van der Waals surface area contributed by atoms with Crippen molar-refractivity contribution in [2.45, 2.75) is 76.5 Å². The first-order valence-corrected chi connectivity index (χ1v) is 12.5. The van der Waals surface area contributed by atoms with Crippen LogP contribution in [0.2, 0.25) is 0 Å². The first-order chi connectivity index (χ1) is 17.5. The number of nitrogens with two attached hydrogens (primary N) is 3. The zero-order valence-electron chi connectivity index (χ0n) is 21.4. The number of imidazole rings is 1. The van der Waals surface area contributed by atoms with Gasteiger partial charge in [0, 0.05) is 31.4 Å². The minimum atomic E-state index is -1.19. The second-order valence-electron chi connectivity index (χ2n) is 9.30. The van der Waals surface area contributed by atoms with Gasteiger partial charge in [0.1, 0.15) is 18.1 Å². The van der Waals surface area contributed by atoms with Crippen LogP contribution in [0, 0.1) is 5.92 Å². The van der Waals surface area contributed by atoms with E-state index in [1.54, 1.807) is 6.20 Å². The topological polar surface area (TPSA) is 235 Å². The highest BCUT2D eigenvalue weighted by Gasteiger charge is 2.40. The fraction of sp³-hybridized carbons (Fsp3) is 0.652. The number of aromatic amines is 1. The molecule has 14 nitrogen and oxygen atoms in total. The van der Waals surface area contributed by atoms with Crippen molar-refractivity contribution in [3.05, 3.63) is 18.2 Å². The third kappa shape index (κ3) is 8.74. The summed E-state index contributed by atoms with van der Waals surface area (Å²) >= 11 is 0. The highest BCUT2D eigenvalue weighted by molar-refractivity contribution is 5.94. The van der Waals surface area contributed by atoms with Crippen molar-refractivity contribution in [3.8, 4) is 0 Å². The van der Waals surface area contributed by atoms with Crippen LogP contribution < -0.4 is 27.8 Å². The Bertz CT molecular complexity index is 948. The number of hydrogen-bond acceptors (Lipinski definition) is 7. The largest absolute Gasteiger partial charge is 0.480 e. The van der Waals surface area contributed by atoms with Gasteiger partial charge in [-0.3, -0.25) is 19.4 Å². The molecule has 0 bridgehead atoms. The van der Waals surface area contributed by atoms with Gasteiger partial charge in [0.15, 0.2) is 5.96 Å². The van der Waals surface area contributed by atoms with Crippen LogP contribution in [-0.2, 0) is 25.6 Å². The lowest BCUT2D eigenvalue weighted by molar-refractivity contribution is -0.145. The van der Waals surface area contributed by atoms with E-state index in [9.17, 15) is 24.3 Å². The van der Waals surface area contributed by atoms with E-state index in [2.05, 4.69) is 25.6 Å². The zero-order chi connectivity index (χ0) is 27.5. The van der Waals surface area contributed by atoms with E-state index < -0.39 is 47.9 Å². The predicted octanol–water partition coefficient (Wildman–Crippen LogP) is -1.58. The Morgan fingerprint density at radius 1 is 1.30 bits per heavy atom. The fourth-order valence-electron chi connectivity index (χ4n) is 4.18. The number of hydrogen-bond donors (Lipinski definition) is 7. The van der Waals surface area contributed by atoms with Gasteiger partial charge < -0.3 is 42.8 Å². The van der Waals surface area contributed by atoms with Crippen LogP contribution in [0.1, 0.15) is 51.6 Å². The predicted molar refractivity (Wildman–Crippen MR) is 136 cm³/mol. The smallest absolute Gasteiger partial charge is 0.326 e. The van der Waals surface area contributed by atoms with E-state index in [0.29, 0.717) is 37.9 Å². The molecule has 5 atom stereocenters. The molecule has 14 heteroatoms. The van der Waals surface area contributed by atoms with Gasteiger partial charge in [-0.15, -0.1) is 0 Å². The number of amides is 3. The van der Waals surface area contributed by atoms with E-state index in [1.165, 1.54) is 11.2 Å². The van der Waals surface area contributed by atoms with Crippen molar-refractivity contribution in [2.24, 2.45) is 28.1 Å². The molecule has 2 rings (SSSR count). The Labute approximate surface area is 215 Å². The van der Waals surface area contributed by atoms with Crippen LogP contribution >= 0.6 is 0 Å². The summed E-state index contributed by atoms with van der Waals surface area (Å²) < 4.78 is 0. The van der Waals surface area contributed by atoms with Gasteiger partial charge in [0.05, 0.1) is 12.4 Å². The molecule has 1 aliphatic heterocycles. The molecule has 1 aromatic heterocycles. The third-order valence-electron chi connectivity index (χ3n) is 6.51. The van der Waals surface area contributed by atoms with Gasteiger partial charge in [-0.05, 0) is 31.6 Å². The summed E-state index contributed by atoms with van der Waals surface area (Å²) in [6, 6.07) is -3.76. The van der Waals surface area contributed by atoms with Gasteiger partial charge in [-0.25, -0.2) is 9.78 Å². The van der Waals surface area contributed by atoms with Crippen LogP contribution in [-0.4, -0.2) is 86.9 Å². The van der Waals surface area contributed by atoms with Crippen LogP contribution in [0.25, 0.3) is 0 Å². The van der Waals surface area contributed by atoms with Crippen LogP contribution in [0.15, 0.2) is 17.5 Å². The van der Waals surface area contributed by atoms with Crippen LogP contribution in [0.5, 0.6) is 0 Å². The van der Waals surface area contributed by atoms with Crippen molar-refractivity contribution >= 4 is 29.7 Å². The Hall–Kier alpha value is -3.68. The minimum Gasteiger partial charge on any atom is -0.480 e. The number of rotatable bonds is 14. The van der Waals surface area contributed by atoms with Gasteiger partial charge in [-0.1, -0.05) is 20.3 Å². The monoisotopic (exact) mass is 521 g/mol. The number of carboxylic acid groups (broad SMARTS) is 1. The molecule has 206 valence electrons. The molecular formula is C23H39N9O5. The highest BCUT2D eigenvalue weighted by atomic mass is 16.4. The van der Waals surface area contributed by atoms with Crippen molar-refractivity contribution in [2.75, 3.05) is 13.1 Å². The minimum absolute atomic E-state index is 0.0961. The summed E-state index contributed by atoms with van der Waals surface area (Å²) in [7, 11) is 0. The lowest BCUT2D eigenvalue weighted by Crippen LogP contribution is -2.58. The molecule has 1 aromatic rings.